The van der Waals surface area contributed by atoms with Gasteiger partial charge in [0.15, 0.2) is 0 Å². The Labute approximate surface area is 101 Å². The molecule has 1 saturated carbocycles. The highest BCUT2D eigenvalue weighted by atomic mass is 16.3. The molecule has 0 spiro atoms. The maximum atomic E-state index is 10.4. The molecule has 0 radical (unpaired) electrons. The molecule has 1 N–H and O–H groups in total. The van der Waals surface area contributed by atoms with Crippen molar-refractivity contribution in [1.29, 1.82) is 0 Å². The average Bonchev–Trinajstić information content (AvgIpc) is 2.91. The van der Waals surface area contributed by atoms with Crippen LogP contribution in [0.5, 0.6) is 0 Å². The molecule has 0 aliphatic heterocycles. The third-order valence-electron chi connectivity index (χ3n) is 3.81. The van der Waals surface area contributed by atoms with E-state index in [4.69, 9.17) is 0 Å². The fraction of sp³-hybridized carbons (Fsp3) is 0.400. The molecule has 1 unspecified atom stereocenters. The second kappa shape index (κ2) is 4.46. The van der Waals surface area contributed by atoms with Crippen molar-refractivity contribution in [2.75, 3.05) is 0 Å². The molecule has 1 aliphatic rings. The van der Waals surface area contributed by atoms with E-state index in [2.05, 4.69) is 11.1 Å². The second-order valence-electron chi connectivity index (χ2n) is 4.94. The quantitative estimate of drug-likeness (QED) is 0.852. The van der Waals surface area contributed by atoms with Crippen LogP contribution < -0.4 is 0 Å². The van der Waals surface area contributed by atoms with E-state index < -0.39 is 0 Å². The van der Waals surface area contributed by atoms with Gasteiger partial charge >= 0.3 is 0 Å². The molecule has 1 aromatic heterocycles. The Hall–Kier alpha value is -1.41. The van der Waals surface area contributed by atoms with Crippen molar-refractivity contribution < 1.29 is 5.11 Å². The van der Waals surface area contributed by atoms with Crippen LogP contribution in [0.1, 0.15) is 37.4 Å². The van der Waals surface area contributed by atoms with Gasteiger partial charge in [-0.2, -0.15) is 0 Å². The number of aromatic nitrogens is 1. The van der Waals surface area contributed by atoms with Crippen molar-refractivity contribution >= 4 is 10.9 Å². The van der Waals surface area contributed by atoms with Gasteiger partial charge in [0.1, 0.15) is 0 Å². The highest BCUT2D eigenvalue weighted by Crippen LogP contribution is 2.36. The number of fused-ring (bicyclic) bond motifs is 1. The zero-order valence-electron chi connectivity index (χ0n) is 9.84. The normalized spacial score (nSPS) is 18.6. The first-order valence-electron chi connectivity index (χ1n) is 6.37. The molecule has 2 nitrogen and oxygen atoms in total. The summed E-state index contributed by atoms with van der Waals surface area (Å²) in [5.74, 6) is 0.448. The first kappa shape index (κ1) is 10.7. The van der Waals surface area contributed by atoms with E-state index in [0.29, 0.717) is 5.92 Å². The third kappa shape index (κ3) is 2.05. The first-order valence-corrected chi connectivity index (χ1v) is 6.37. The summed E-state index contributed by atoms with van der Waals surface area (Å²) in [7, 11) is 0. The van der Waals surface area contributed by atoms with Crippen molar-refractivity contribution in [2.45, 2.75) is 31.8 Å². The smallest absolute Gasteiger partial charge is 0.0818 e. The zero-order chi connectivity index (χ0) is 11.7. The van der Waals surface area contributed by atoms with Crippen molar-refractivity contribution in [3.8, 4) is 0 Å². The fourth-order valence-electron chi connectivity index (χ4n) is 2.82. The standard InChI is InChI=1S/C15H17NO/c17-15(11-4-1-2-5-11)13-7-8-14-12(10-13)6-3-9-16-14/h3,6-11,15,17H,1-2,4-5H2. The van der Waals surface area contributed by atoms with Gasteiger partial charge in [0.2, 0.25) is 0 Å². The van der Waals surface area contributed by atoms with Crippen molar-refractivity contribution in [2.24, 2.45) is 5.92 Å². The Kier molecular flexibility index (Phi) is 2.81. The predicted molar refractivity (Wildman–Crippen MR) is 68.7 cm³/mol. The lowest BCUT2D eigenvalue weighted by atomic mass is 9.93. The largest absolute Gasteiger partial charge is 0.388 e. The summed E-state index contributed by atoms with van der Waals surface area (Å²) in [5.41, 5.74) is 2.03. The number of aliphatic hydroxyl groups excluding tert-OH is 1. The molecular formula is C15H17NO. The lowest BCUT2D eigenvalue weighted by Crippen LogP contribution is -2.08. The lowest BCUT2D eigenvalue weighted by Gasteiger charge is -2.18. The number of rotatable bonds is 2. The Morgan fingerprint density at radius 1 is 1.18 bits per heavy atom. The molecule has 1 atom stereocenters. The minimum Gasteiger partial charge on any atom is -0.388 e. The molecule has 1 aliphatic carbocycles. The van der Waals surface area contributed by atoms with Gasteiger partial charge in [-0.25, -0.2) is 0 Å². The van der Waals surface area contributed by atoms with E-state index in [1.807, 2.05) is 24.3 Å². The summed E-state index contributed by atoms with van der Waals surface area (Å²) in [6, 6.07) is 10.1. The zero-order valence-corrected chi connectivity index (χ0v) is 9.84. The molecule has 17 heavy (non-hydrogen) atoms. The molecular weight excluding hydrogens is 210 g/mol. The first-order chi connectivity index (χ1) is 8.34. The van der Waals surface area contributed by atoms with Gasteiger partial charge in [0.25, 0.3) is 0 Å². The molecule has 2 heteroatoms. The maximum Gasteiger partial charge on any atom is 0.0818 e. The van der Waals surface area contributed by atoms with Gasteiger partial charge in [0, 0.05) is 11.6 Å². The molecule has 0 amide bonds. The van der Waals surface area contributed by atoms with E-state index in [9.17, 15) is 5.11 Å². The van der Waals surface area contributed by atoms with Crippen LogP contribution >= 0.6 is 0 Å². The summed E-state index contributed by atoms with van der Waals surface area (Å²) < 4.78 is 0. The monoisotopic (exact) mass is 227 g/mol. The number of hydrogen-bond acceptors (Lipinski definition) is 2. The van der Waals surface area contributed by atoms with E-state index in [1.54, 1.807) is 6.20 Å². The van der Waals surface area contributed by atoms with Crippen molar-refractivity contribution in [3.63, 3.8) is 0 Å². The van der Waals surface area contributed by atoms with Gasteiger partial charge in [-0.05, 0) is 42.5 Å². The number of benzene rings is 1. The minimum absolute atomic E-state index is 0.304. The van der Waals surface area contributed by atoms with Crippen LogP contribution in [0.3, 0.4) is 0 Å². The molecule has 2 aromatic rings. The van der Waals surface area contributed by atoms with E-state index >= 15 is 0 Å². The highest BCUT2D eigenvalue weighted by Gasteiger charge is 2.24. The van der Waals surface area contributed by atoms with Crippen LogP contribution in [0.2, 0.25) is 0 Å². The second-order valence-corrected chi connectivity index (χ2v) is 4.94. The Bertz CT molecular complexity index is 517. The Morgan fingerprint density at radius 2 is 2.00 bits per heavy atom. The molecule has 1 aromatic carbocycles. The van der Waals surface area contributed by atoms with Gasteiger partial charge < -0.3 is 5.11 Å². The summed E-state index contributed by atoms with van der Waals surface area (Å²) in [6.45, 7) is 0. The van der Waals surface area contributed by atoms with Crippen LogP contribution in [0.15, 0.2) is 36.5 Å². The van der Waals surface area contributed by atoms with Crippen molar-refractivity contribution in [3.05, 3.63) is 42.1 Å². The molecule has 0 bridgehead atoms. The summed E-state index contributed by atoms with van der Waals surface area (Å²) in [4.78, 5) is 4.30. The maximum absolute atomic E-state index is 10.4. The average molecular weight is 227 g/mol. The van der Waals surface area contributed by atoms with Crippen molar-refractivity contribution in [1.82, 2.24) is 4.98 Å². The Morgan fingerprint density at radius 3 is 2.82 bits per heavy atom. The third-order valence-corrected chi connectivity index (χ3v) is 3.81. The lowest BCUT2D eigenvalue weighted by molar-refractivity contribution is 0.112. The summed E-state index contributed by atoms with van der Waals surface area (Å²) in [6.07, 6.45) is 6.34. The highest BCUT2D eigenvalue weighted by molar-refractivity contribution is 5.79. The molecule has 0 saturated heterocycles. The van der Waals surface area contributed by atoms with Crippen LogP contribution in [-0.2, 0) is 0 Å². The minimum atomic E-state index is -0.304. The van der Waals surface area contributed by atoms with Crippen LogP contribution in [0.4, 0.5) is 0 Å². The molecule has 1 heterocycles. The van der Waals surface area contributed by atoms with Crippen LogP contribution in [-0.4, -0.2) is 10.1 Å². The number of hydrogen-bond donors (Lipinski definition) is 1. The number of nitrogens with zero attached hydrogens (tertiary/aromatic N) is 1. The number of pyridine rings is 1. The SMILES string of the molecule is OC(c1ccc2ncccc2c1)C1CCCC1. The van der Waals surface area contributed by atoms with Gasteiger partial charge in [-0.1, -0.05) is 25.0 Å². The van der Waals surface area contributed by atoms with E-state index in [1.165, 1.54) is 12.8 Å². The fourth-order valence-corrected chi connectivity index (χ4v) is 2.82. The molecule has 1 fully saturated rings. The number of aliphatic hydroxyl groups is 1. The summed E-state index contributed by atoms with van der Waals surface area (Å²) in [5, 5.41) is 11.5. The molecule has 88 valence electrons. The van der Waals surface area contributed by atoms with E-state index in [0.717, 1.165) is 29.3 Å². The van der Waals surface area contributed by atoms with Gasteiger partial charge in [-0.3, -0.25) is 4.98 Å². The van der Waals surface area contributed by atoms with E-state index in [-0.39, 0.29) is 6.10 Å². The summed E-state index contributed by atoms with van der Waals surface area (Å²) >= 11 is 0. The molecule has 3 rings (SSSR count). The topological polar surface area (TPSA) is 33.1 Å². The van der Waals surface area contributed by atoms with Gasteiger partial charge in [-0.15, -0.1) is 0 Å². The predicted octanol–water partition coefficient (Wildman–Crippen LogP) is 3.46. The Balaban J connectivity index is 1.94. The van der Waals surface area contributed by atoms with Crippen LogP contribution in [0.25, 0.3) is 10.9 Å². The van der Waals surface area contributed by atoms with Crippen LogP contribution in [0, 0.1) is 5.92 Å². The van der Waals surface area contributed by atoms with Gasteiger partial charge in [0.05, 0.1) is 11.6 Å².